The molecule has 0 unspecified atom stereocenters. The van der Waals surface area contributed by atoms with Gasteiger partial charge in [-0.3, -0.25) is 19.7 Å². The lowest BCUT2D eigenvalue weighted by Crippen LogP contribution is -2.41. The molecular weight excluding hydrogens is 661 g/mol. The molecule has 0 bridgehead atoms. The van der Waals surface area contributed by atoms with Crippen LogP contribution in [-0.2, 0) is 28.3 Å². The van der Waals surface area contributed by atoms with Crippen LogP contribution in [0.3, 0.4) is 0 Å². The van der Waals surface area contributed by atoms with Gasteiger partial charge in [0.1, 0.15) is 23.6 Å². The number of Topliss-reactive ketones (excluding diaryl/α,β-unsaturated/α-hetero) is 1. The van der Waals surface area contributed by atoms with Crippen molar-refractivity contribution in [2.75, 3.05) is 24.7 Å². The molecule has 0 amide bonds. The number of ether oxygens (including phenoxy) is 4. The first-order chi connectivity index (χ1) is 22.3. The van der Waals surface area contributed by atoms with Gasteiger partial charge in [0.2, 0.25) is 0 Å². The maximum absolute atomic E-state index is 13.3. The minimum atomic E-state index is -1.09. The van der Waals surface area contributed by atoms with Gasteiger partial charge in [0.15, 0.2) is 5.78 Å². The van der Waals surface area contributed by atoms with Gasteiger partial charge in [-0.05, 0) is 73.0 Å². The quantitative estimate of drug-likeness (QED) is 0.0255. The van der Waals surface area contributed by atoms with Crippen LogP contribution in [0.1, 0.15) is 78.6 Å². The summed E-state index contributed by atoms with van der Waals surface area (Å²) < 4.78 is 33.8. The molecule has 0 spiro atoms. The number of benzene rings is 2. The molecule has 2 aromatic carbocycles. The van der Waals surface area contributed by atoms with Crippen LogP contribution >= 0.6 is 21.6 Å². The Kier molecular flexibility index (Phi) is 13.5. The summed E-state index contributed by atoms with van der Waals surface area (Å²) in [6, 6.07) is 12.2. The van der Waals surface area contributed by atoms with E-state index in [9.17, 15) is 24.5 Å². The minimum Gasteiger partial charge on any atom is -0.460 e. The Morgan fingerprint density at radius 2 is 1.46 bits per heavy atom. The number of ketones is 1. The van der Waals surface area contributed by atoms with Gasteiger partial charge in [0, 0.05) is 35.6 Å². The van der Waals surface area contributed by atoms with Crippen LogP contribution in [0.2, 0.25) is 0 Å². The monoisotopic (exact) mass is 705 g/mol. The fourth-order valence-corrected chi connectivity index (χ4v) is 6.11. The van der Waals surface area contributed by atoms with Crippen LogP contribution in [0.5, 0.6) is 5.75 Å². The number of rotatable bonds is 17. The van der Waals surface area contributed by atoms with Crippen LogP contribution in [0, 0.1) is 10.1 Å². The van der Waals surface area contributed by atoms with E-state index in [1.54, 1.807) is 39.8 Å². The van der Waals surface area contributed by atoms with E-state index in [1.165, 1.54) is 45.9 Å². The molecule has 0 saturated carbocycles. The van der Waals surface area contributed by atoms with Crippen molar-refractivity contribution < 1.29 is 47.6 Å². The van der Waals surface area contributed by atoms with E-state index in [-0.39, 0.29) is 42.8 Å². The molecule has 1 aliphatic heterocycles. The summed E-state index contributed by atoms with van der Waals surface area (Å²) in [5, 5.41) is 10.7. The Morgan fingerprint density at radius 1 is 0.875 bits per heavy atom. The Labute approximate surface area is 290 Å². The standard InChI is InChI=1S/C33H44BNO11S2/c1-30(2,44-27(36)17-21-47-48-22-20-41-29(38)43-26-15-13-25(14-16-26)35(39)40)18-19-42-31(3,4)28(37)23-9-11-24(12-10-23)34-45-32(5,6)33(7,8)46-34/h9-16H,17-22H2,1-8H3. The zero-order valence-electron chi connectivity index (χ0n) is 28.7. The molecule has 0 aromatic heterocycles. The largest absolute Gasteiger partial charge is 0.513 e. The first-order valence-corrected chi connectivity index (χ1v) is 18.0. The van der Waals surface area contributed by atoms with Crippen molar-refractivity contribution in [1.82, 2.24) is 0 Å². The predicted molar refractivity (Wildman–Crippen MR) is 186 cm³/mol. The van der Waals surface area contributed by atoms with Crippen molar-refractivity contribution in [3.8, 4) is 5.75 Å². The number of nitrogens with zero attached hydrogens (tertiary/aromatic N) is 1. The van der Waals surface area contributed by atoms with Crippen LogP contribution in [0.4, 0.5) is 10.5 Å². The molecule has 0 aliphatic carbocycles. The van der Waals surface area contributed by atoms with Crippen molar-refractivity contribution in [1.29, 1.82) is 0 Å². The molecule has 12 nitrogen and oxygen atoms in total. The highest BCUT2D eigenvalue weighted by atomic mass is 33.1. The van der Waals surface area contributed by atoms with Crippen LogP contribution < -0.4 is 10.2 Å². The predicted octanol–water partition coefficient (Wildman–Crippen LogP) is 6.57. The smallest absolute Gasteiger partial charge is 0.460 e. The number of hydrogen-bond acceptors (Lipinski definition) is 13. The van der Waals surface area contributed by atoms with Gasteiger partial charge in [-0.15, -0.1) is 0 Å². The minimum absolute atomic E-state index is 0.0898. The zero-order chi connectivity index (χ0) is 35.8. The molecule has 0 radical (unpaired) electrons. The summed E-state index contributed by atoms with van der Waals surface area (Å²) in [7, 11) is 2.36. The first kappa shape index (κ1) is 39.3. The third kappa shape index (κ3) is 11.5. The SMILES string of the molecule is CC(C)(CCOC(C)(C)C(=O)c1ccc(B2OC(C)(C)C(C)(C)O2)cc1)OC(=O)CCSSCCOC(=O)Oc1ccc([N+](=O)[O-])cc1. The third-order valence-corrected chi connectivity index (χ3v) is 10.3. The summed E-state index contributed by atoms with van der Waals surface area (Å²) >= 11 is 0. The van der Waals surface area contributed by atoms with Crippen LogP contribution in [0.25, 0.3) is 0 Å². The van der Waals surface area contributed by atoms with E-state index < -0.39 is 40.6 Å². The normalized spacial score (nSPS) is 15.5. The van der Waals surface area contributed by atoms with Crippen molar-refractivity contribution in [3.63, 3.8) is 0 Å². The number of esters is 1. The lowest BCUT2D eigenvalue weighted by molar-refractivity contribution is -0.384. The Bertz CT molecular complexity index is 1410. The number of nitro benzene ring substituents is 1. The van der Waals surface area contributed by atoms with Gasteiger partial charge < -0.3 is 28.3 Å². The average molecular weight is 706 g/mol. The van der Waals surface area contributed by atoms with Gasteiger partial charge in [-0.2, -0.15) is 0 Å². The molecule has 2 aromatic rings. The Morgan fingerprint density at radius 3 is 2.04 bits per heavy atom. The molecule has 3 rings (SSSR count). The number of non-ortho nitro benzene ring substituents is 1. The van der Waals surface area contributed by atoms with Gasteiger partial charge in [-0.1, -0.05) is 45.9 Å². The number of carbonyl (C=O) groups excluding carboxylic acids is 3. The van der Waals surface area contributed by atoms with Gasteiger partial charge >= 0.3 is 19.2 Å². The molecule has 0 atom stereocenters. The molecule has 48 heavy (non-hydrogen) atoms. The second-order valence-electron chi connectivity index (χ2n) is 13.2. The molecule has 1 saturated heterocycles. The molecule has 1 heterocycles. The summed E-state index contributed by atoms with van der Waals surface area (Å²) in [6.45, 7) is 15.3. The van der Waals surface area contributed by atoms with Crippen molar-refractivity contribution in [2.24, 2.45) is 0 Å². The molecule has 1 aliphatic rings. The van der Waals surface area contributed by atoms with Crippen LogP contribution in [-0.4, -0.2) is 77.1 Å². The summed E-state index contributed by atoms with van der Waals surface area (Å²) in [5.41, 5.74) is -1.57. The van der Waals surface area contributed by atoms with E-state index in [0.29, 0.717) is 23.5 Å². The van der Waals surface area contributed by atoms with Crippen molar-refractivity contribution in [3.05, 3.63) is 64.2 Å². The molecule has 262 valence electrons. The van der Waals surface area contributed by atoms with E-state index in [1.807, 2.05) is 39.8 Å². The van der Waals surface area contributed by atoms with E-state index >= 15 is 0 Å². The Balaban J connectivity index is 1.30. The highest BCUT2D eigenvalue weighted by molar-refractivity contribution is 8.76. The van der Waals surface area contributed by atoms with Crippen molar-refractivity contribution >= 4 is 57.8 Å². The fraction of sp³-hybridized carbons (Fsp3) is 0.545. The topological polar surface area (TPSA) is 150 Å². The molecule has 1 fully saturated rings. The zero-order valence-corrected chi connectivity index (χ0v) is 30.3. The maximum atomic E-state index is 13.3. The molecule has 15 heteroatoms. The second-order valence-corrected chi connectivity index (χ2v) is 15.9. The summed E-state index contributed by atoms with van der Waals surface area (Å²) in [5.74, 6) is 0.584. The van der Waals surface area contributed by atoms with Gasteiger partial charge in [0.25, 0.3) is 5.69 Å². The van der Waals surface area contributed by atoms with Crippen molar-refractivity contribution in [2.45, 2.75) is 90.6 Å². The second kappa shape index (κ2) is 16.5. The maximum Gasteiger partial charge on any atom is 0.513 e. The van der Waals surface area contributed by atoms with E-state index in [0.717, 1.165) is 5.46 Å². The first-order valence-electron chi connectivity index (χ1n) is 15.5. The molecule has 0 N–H and O–H groups in total. The number of carbonyl (C=O) groups is 3. The van der Waals surface area contributed by atoms with E-state index in [4.69, 9.17) is 28.3 Å². The number of hydrogen-bond donors (Lipinski definition) is 0. The lowest BCUT2D eigenvalue weighted by atomic mass is 9.78. The molecular formula is C33H44BNO11S2. The van der Waals surface area contributed by atoms with Gasteiger partial charge in [0.05, 0.1) is 29.2 Å². The van der Waals surface area contributed by atoms with Crippen LogP contribution in [0.15, 0.2) is 48.5 Å². The van der Waals surface area contributed by atoms with Gasteiger partial charge in [-0.25, -0.2) is 4.79 Å². The third-order valence-electron chi connectivity index (χ3n) is 7.91. The number of nitro groups is 1. The highest BCUT2D eigenvalue weighted by Gasteiger charge is 2.51. The Hall–Kier alpha value is -3.11. The fourth-order valence-electron chi connectivity index (χ4n) is 4.31. The van der Waals surface area contributed by atoms with E-state index in [2.05, 4.69) is 0 Å². The highest BCUT2D eigenvalue weighted by Crippen LogP contribution is 2.36. The summed E-state index contributed by atoms with van der Waals surface area (Å²) in [4.78, 5) is 47.6. The average Bonchev–Trinajstić information content (AvgIpc) is 3.22. The summed E-state index contributed by atoms with van der Waals surface area (Å²) in [6.07, 6.45) is -0.326. The lowest BCUT2D eigenvalue weighted by Gasteiger charge is -2.32.